The Hall–Kier alpha value is -1.64. The van der Waals surface area contributed by atoms with E-state index in [0.29, 0.717) is 12.1 Å². The SMILES string of the molecule is CCCNC(=O)C(=O)c1ccc(CC)cc1. The van der Waals surface area contributed by atoms with Gasteiger partial charge in [0.05, 0.1) is 0 Å². The monoisotopic (exact) mass is 219 g/mol. The third-order valence-corrected chi connectivity index (χ3v) is 2.37. The van der Waals surface area contributed by atoms with Gasteiger partial charge in [0.2, 0.25) is 5.78 Å². The minimum Gasteiger partial charge on any atom is -0.349 e. The Morgan fingerprint density at radius 1 is 1.12 bits per heavy atom. The second-order valence-corrected chi connectivity index (χ2v) is 3.64. The number of aryl methyl sites for hydroxylation is 1. The van der Waals surface area contributed by atoms with Crippen molar-refractivity contribution in [1.82, 2.24) is 5.32 Å². The summed E-state index contributed by atoms with van der Waals surface area (Å²) in [6.45, 7) is 4.53. The van der Waals surface area contributed by atoms with Crippen molar-refractivity contribution in [2.24, 2.45) is 0 Å². The number of hydrogen-bond acceptors (Lipinski definition) is 2. The van der Waals surface area contributed by atoms with Gasteiger partial charge in [-0.25, -0.2) is 0 Å². The molecule has 0 aromatic heterocycles. The Labute approximate surface area is 95.9 Å². The summed E-state index contributed by atoms with van der Waals surface area (Å²) in [5.74, 6) is -0.984. The van der Waals surface area contributed by atoms with E-state index in [0.717, 1.165) is 18.4 Å². The second-order valence-electron chi connectivity index (χ2n) is 3.64. The van der Waals surface area contributed by atoms with Crippen LogP contribution in [0.5, 0.6) is 0 Å². The molecule has 0 spiro atoms. The third kappa shape index (κ3) is 3.19. The van der Waals surface area contributed by atoms with Crippen molar-refractivity contribution in [3.63, 3.8) is 0 Å². The summed E-state index contributed by atoms with van der Waals surface area (Å²) in [4.78, 5) is 23.0. The number of Topliss-reactive ketones (excluding diaryl/α,β-unsaturated/α-hetero) is 1. The standard InChI is InChI=1S/C13H17NO2/c1-3-9-14-13(16)12(15)11-7-5-10(4-2)6-8-11/h5-8H,3-4,9H2,1-2H3,(H,14,16). The van der Waals surface area contributed by atoms with Gasteiger partial charge in [0.1, 0.15) is 0 Å². The molecule has 0 aliphatic carbocycles. The van der Waals surface area contributed by atoms with E-state index in [4.69, 9.17) is 0 Å². The summed E-state index contributed by atoms with van der Waals surface area (Å²) in [6, 6.07) is 7.15. The van der Waals surface area contributed by atoms with Crippen molar-refractivity contribution in [3.05, 3.63) is 35.4 Å². The highest BCUT2D eigenvalue weighted by Crippen LogP contribution is 2.05. The fraction of sp³-hybridized carbons (Fsp3) is 0.385. The fourth-order valence-corrected chi connectivity index (χ4v) is 1.34. The quantitative estimate of drug-likeness (QED) is 0.608. The molecular weight excluding hydrogens is 202 g/mol. The van der Waals surface area contributed by atoms with Crippen LogP contribution >= 0.6 is 0 Å². The van der Waals surface area contributed by atoms with Crippen molar-refractivity contribution < 1.29 is 9.59 Å². The minimum absolute atomic E-state index is 0.450. The Morgan fingerprint density at radius 2 is 1.75 bits per heavy atom. The zero-order chi connectivity index (χ0) is 12.0. The van der Waals surface area contributed by atoms with Crippen LogP contribution in [-0.4, -0.2) is 18.2 Å². The van der Waals surface area contributed by atoms with E-state index >= 15 is 0 Å². The first kappa shape index (κ1) is 12.4. The van der Waals surface area contributed by atoms with Gasteiger partial charge >= 0.3 is 0 Å². The van der Waals surface area contributed by atoms with Crippen molar-refractivity contribution in [1.29, 1.82) is 0 Å². The summed E-state index contributed by atoms with van der Waals surface area (Å²) in [6.07, 6.45) is 1.75. The van der Waals surface area contributed by atoms with Crippen LogP contribution < -0.4 is 5.32 Å². The van der Waals surface area contributed by atoms with Gasteiger partial charge in [-0.1, -0.05) is 38.1 Å². The minimum atomic E-state index is -0.522. The van der Waals surface area contributed by atoms with Crippen LogP contribution in [0.3, 0.4) is 0 Å². The molecule has 0 aliphatic heterocycles. The van der Waals surface area contributed by atoms with Crippen LogP contribution in [0.1, 0.15) is 36.2 Å². The molecule has 0 unspecified atom stereocenters. The summed E-state index contributed by atoms with van der Waals surface area (Å²) < 4.78 is 0. The lowest BCUT2D eigenvalue weighted by molar-refractivity contribution is -0.116. The molecule has 0 saturated carbocycles. The zero-order valence-corrected chi connectivity index (χ0v) is 9.75. The predicted molar refractivity (Wildman–Crippen MR) is 63.5 cm³/mol. The van der Waals surface area contributed by atoms with Gasteiger partial charge < -0.3 is 5.32 Å². The molecule has 1 rings (SSSR count). The molecule has 0 fully saturated rings. The summed E-state index contributed by atoms with van der Waals surface area (Å²) >= 11 is 0. The first-order valence-electron chi connectivity index (χ1n) is 5.60. The molecule has 0 bridgehead atoms. The van der Waals surface area contributed by atoms with Crippen LogP contribution in [0.4, 0.5) is 0 Å². The normalized spacial score (nSPS) is 9.88. The van der Waals surface area contributed by atoms with Crippen molar-refractivity contribution in [2.75, 3.05) is 6.54 Å². The topological polar surface area (TPSA) is 46.2 Å². The average Bonchev–Trinajstić information content (AvgIpc) is 2.35. The van der Waals surface area contributed by atoms with Gasteiger partial charge in [0.25, 0.3) is 5.91 Å². The number of ketones is 1. The number of benzene rings is 1. The Bertz CT molecular complexity index is 368. The molecule has 0 aliphatic rings. The fourth-order valence-electron chi connectivity index (χ4n) is 1.34. The maximum Gasteiger partial charge on any atom is 0.292 e. The van der Waals surface area contributed by atoms with Gasteiger partial charge in [-0.3, -0.25) is 9.59 Å². The summed E-state index contributed by atoms with van der Waals surface area (Å²) in [7, 11) is 0. The van der Waals surface area contributed by atoms with E-state index in [2.05, 4.69) is 5.32 Å². The van der Waals surface area contributed by atoms with Gasteiger partial charge in [-0.15, -0.1) is 0 Å². The molecule has 16 heavy (non-hydrogen) atoms. The van der Waals surface area contributed by atoms with Crippen molar-refractivity contribution >= 4 is 11.7 Å². The highest BCUT2D eigenvalue weighted by atomic mass is 16.2. The molecule has 0 radical (unpaired) electrons. The first-order valence-corrected chi connectivity index (χ1v) is 5.60. The Morgan fingerprint density at radius 3 is 2.25 bits per heavy atom. The molecule has 86 valence electrons. The zero-order valence-electron chi connectivity index (χ0n) is 9.75. The lowest BCUT2D eigenvalue weighted by Crippen LogP contribution is -2.31. The number of carbonyl (C=O) groups excluding carboxylic acids is 2. The molecule has 1 aromatic rings. The van der Waals surface area contributed by atoms with Crippen LogP contribution in [0.15, 0.2) is 24.3 Å². The number of carbonyl (C=O) groups is 2. The van der Waals surface area contributed by atoms with Crippen LogP contribution in [0.2, 0.25) is 0 Å². The third-order valence-electron chi connectivity index (χ3n) is 2.37. The molecule has 0 saturated heterocycles. The average molecular weight is 219 g/mol. The summed E-state index contributed by atoms with van der Waals surface area (Å²) in [5.41, 5.74) is 1.61. The number of hydrogen-bond donors (Lipinski definition) is 1. The lowest BCUT2D eigenvalue weighted by atomic mass is 10.1. The lowest BCUT2D eigenvalue weighted by Gasteiger charge is -2.03. The van der Waals surface area contributed by atoms with Crippen LogP contribution in [0.25, 0.3) is 0 Å². The Kier molecular flexibility index (Phi) is 4.70. The van der Waals surface area contributed by atoms with Gasteiger partial charge in [-0.05, 0) is 18.4 Å². The maximum atomic E-state index is 11.6. The smallest absolute Gasteiger partial charge is 0.292 e. The molecule has 0 atom stereocenters. The first-order chi connectivity index (χ1) is 7.69. The van der Waals surface area contributed by atoms with E-state index in [1.165, 1.54) is 0 Å². The maximum absolute atomic E-state index is 11.6. The predicted octanol–water partition coefficient (Wildman–Crippen LogP) is 1.96. The number of nitrogens with one attached hydrogen (secondary N) is 1. The van der Waals surface area contributed by atoms with Crippen LogP contribution in [0, 0.1) is 0 Å². The largest absolute Gasteiger partial charge is 0.349 e. The second kappa shape index (κ2) is 6.05. The highest BCUT2D eigenvalue weighted by Gasteiger charge is 2.14. The number of rotatable bonds is 5. The molecule has 1 amide bonds. The van der Waals surface area contributed by atoms with Gasteiger partial charge in [0, 0.05) is 12.1 Å². The van der Waals surface area contributed by atoms with E-state index < -0.39 is 11.7 Å². The number of amides is 1. The molecule has 1 N–H and O–H groups in total. The summed E-state index contributed by atoms with van der Waals surface area (Å²) in [5, 5.41) is 2.57. The Balaban J connectivity index is 2.68. The van der Waals surface area contributed by atoms with Gasteiger partial charge in [0.15, 0.2) is 0 Å². The van der Waals surface area contributed by atoms with Gasteiger partial charge in [-0.2, -0.15) is 0 Å². The molecule has 3 nitrogen and oxygen atoms in total. The molecular formula is C13H17NO2. The van der Waals surface area contributed by atoms with Crippen molar-refractivity contribution in [3.8, 4) is 0 Å². The van der Waals surface area contributed by atoms with Crippen LogP contribution in [-0.2, 0) is 11.2 Å². The highest BCUT2D eigenvalue weighted by molar-refractivity contribution is 6.42. The molecule has 1 aromatic carbocycles. The van der Waals surface area contributed by atoms with E-state index in [1.54, 1.807) is 12.1 Å². The molecule has 0 heterocycles. The van der Waals surface area contributed by atoms with E-state index in [9.17, 15) is 9.59 Å². The van der Waals surface area contributed by atoms with E-state index in [1.807, 2.05) is 26.0 Å². The van der Waals surface area contributed by atoms with Crippen molar-refractivity contribution in [2.45, 2.75) is 26.7 Å². The molecule has 3 heteroatoms. The van der Waals surface area contributed by atoms with E-state index in [-0.39, 0.29) is 0 Å².